The van der Waals surface area contributed by atoms with Crippen LogP contribution < -0.4 is 10.1 Å². The van der Waals surface area contributed by atoms with E-state index in [1.54, 1.807) is 17.9 Å². The number of hydrogen-bond acceptors (Lipinski definition) is 9. The first-order chi connectivity index (χ1) is 24.3. The highest BCUT2D eigenvalue weighted by Gasteiger charge is 2.53. The lowest BCUT2D eigenvalue weighted by Crippen LogP contribution is -2.44. The van der Waals surface area contributed by atoms with E-state index in [0.29, 0.717) is 23.3 Å². The number of nitrogens with one attached hydrogen (secondary N) is 1. The van der Waals surface area contributed by atoms with Crippen molar-refractivity contribution in [2.75, 3.05) is 19.0 Å². The summed E-state index contributed by atoms with van der Waals surface area (Å²) in [5.74, 6) is 0.957. The summed E-state index contributed by atoms with van der Waals surface area (Å²) in [5, 5.41) is 27.2. The predicted molar refractivity (Wildman–Crippen MR) is 192 cm³/mol. The third-order valence-electron chi connectivity index (χ3n) is 9.65. The number of ether oxygens (including phenoxy) is 3. The normalized spacial score (nSPS) is 20.5. The van der Waals surface area contributed by atoms with Gasteiger partial charge in [-0.1, -0.05) is 105 Å². The summed E-state index contributed by atoms with van der Waals surface area (Å²) in [7, 11) is 1.65. The Morgan fingerprint density at radius 3 is 2.20 bits per heavy atom. The lowest BCUT2D eigenvalue weighted by Gasteiger charge is -2.37. The molecule has 0 amide bonds. The Morgan fingerprint density at radius 1 is 0.920 bits per heavy atom. The van der Waals surface area contributed by atoms with E-state index < -0.39 is 29.6 Å². The summed E-state index contributed by atoms with van der Waals surface area (Å²) in [6.45, 7) is 3.50. The smallest absolute Gasteiger partial charge is 0.305 e. The monoisotopic (exact) mass is 678 g/mol. The molecule has 1 aliphatic rings. The van der Waals surface area contributed by atoms with Gasteiger partial charge < -0.3 is 34.3 Å². The van der Waals surface area contributed by atoms with Gasteiger partial charge in [0.05, 0.1) is 12.5 Å². The van der Waals surface area contributed by atoms with Crippen LogP contribution in [-0.2, 0) is 19.8 Å². The summed E-state index contributed by atoms with van der Waals surface area (Å²) in [4.78, 5) is 21.7. The minimum absolute atomic E-state index is 0.166. The van der Waals surface area contributed by atoms with Gasteiger partial charge in [-0.3, -0.25) is 4.79 Å². The maximum Gasteiger partial charge on any atom is 0.305 e. The number of benzene rings is 3. The Kier molecular flexibility index (Phi) is 10.8. The van der Waals surface area contributed by atoms with Crippen LogP contribution in [0.4, 0.5) is 5.82 Å². The van der Waals surface area contributed by atoms with Gasteiger partial charge in [-0.05, 0) is 48.2 Å². The van der Waals surface area contributed by atoms with E-state index in [-0.39, 0.29) is 12.6 Å². The number of hydrogen-bond donors (Lipinski definition) is 3. The molecule has 0 aliphatic carbocycles. The summed E-state index contributed by atoms with van der Waals surface area (Å²) >= 11 is 0. The molecule has 6 rings (SSSR count). The second-order valence-corrected chi connectivity index (χ2v) is 13.1. The van der Waals surface area contributed by atoms with Crippen molar-refractivity contribution in [2.24, 2.45) is 0 Å². The number of fused-ring (bicyclic) bond motifs is 1. The van der Waals surface area contributed by atoms with Gasteiger partial charge in [0.2, 0.25) is 0 Å². The van der Waals surface area contributed by atoms with Crippen LogP contribution >= 0.6 is 0 Å². The van der Waals surface area contributed by atoms with Crippen molar-refractivity contribution in [1.82, 2.24) is 14.5 Å². The Labute approximate surface area is 293 Å². The van der Waals surface area contributed by atoms with Gasteiger partial charge in [-0.25, -0.2) is 9.97 Å². The molecule has 3 heterocycles. The maximum absolute atomic E-state index is 12.4. The van der Waals surface area contributed by atoms with Gasteiger partial charge in [0.15, 0.2) is 6.23 Å². The van der Waals surface area contributed by atoms with E-state index in [1.165, 1.54) is 13.3 Å². The standard InChI is InChI=1S/C40H46N4O6/c1-4-5-6-7-14-19-34(45)49-26-33-35(46)39(2,47)38(50-33)44-25-24-32-36(41-27-42-37(32)44)43-40(28-15-10-8-11-16-28,29-17-12-9-13-18-29)30-20-22-31(48-3)23-21-30/h8-13,15-18,20-25,27,33,35,38,46-47H,4-7,14,19,26H2,1-3H3,(H,41,42,43)/t33-,35-,38-,39-/m1/s1. The summed E-state index contributed by atoms with van der Waals surface area (Å²) in [6.07, 6.45) is 5.41. The van der Waals surface area contributed by atoms with E-state index in [9.17, 15) is 15.0 Å². The molecule has 0 saturated carbocycles. The molecule has 4 atom stereocenters. The van der Waals surface area contributed by atoms with Crippen LogP contribution in [0.2, 0.25) is 0 Å². The number of anilines is 1. The minimum atomic E-state index is -1.71. The number of aliphatic hydroxyl groups is 2. The average molecular weight is 679 g/mol. The number of esters is 1. The third kappa shape index (κ3) is 6.96. The predicted octanol–water partition coefficient (Wildman–Crippen LogP) is 6.76. The molecule has 2 aromatic heterocycles. The molecule has 1 saturated heterocycles. The zero-order valence-electron chi connectivity index (χ0n) is 28.9. The first-order valence-electron chi connectivity index (χ1n) is 17.4. The van der Waals surface area contributed by atoms with E-state index in [1.807, 2.05) is 66.7 Å². The van der Waals surface area contributed by atoms with Crippen LogP contribution in [-0.4, -0.2) is 62.2 Å². The number of aliphatic hydroxyl groups excluding tert-OH is 1. The molecule has 10 nitrogen and oxygen atoms in total. The summed E-state index contributed by atoms with van der Waals surface area (Å²) in [6, 6.07) is 30.2. The van der Waals surface area contributed by atoms with Gasteiger partial charge in [0.1, 0.15) is 53.5 Å². The topological polar surface area (TPSA) is 128 Å². The van der Waals surface area contributed by atoms with E-state index in [4.69, 9.17) is 19.2 Å². The molecular formula is C40H46N4O6. The first-order valence-corrected chi connectivity index (χ1v) is 17.4. The number of unbranched alkanes of at least 4 members (excludes halogenated alkanes) is 4. The van der Waals surface area contributed by atoms with Crippen LogP contribution in [0.1, 0.15) is 75.3 Å². The van der Waals surface area contributed by atoms with Crippen molar-refractivity contribution >= 4 is 22.8 Å². The van der Waals surface area contributed by atoms with Crippen molar-refractivity contribution in [1.29, 1.82) is 0 Å². The number of nitrogens with zero attached hydrogens (tertiary/aromatic N) is 3. The molecule has 1 aliphatic heterocycles. The maximum atomic E-state index is 12.4. The molecule has 10 heteroatoms. The van der Waals surface area contributed by atoms with Crippen molar-refractivity contribution in [3.8, 4) is 5.75 Å². The molecule has 0 bridgehead atoms. The largest absolute Gasteiger partial charge is 0.497 e. The Hall–Kier alpha value is -4.77. The molecule has 0 unspecified atom stereocenters. The number of methoxy groups -OCH3 is 1. The molecule has 3 aromatic carbocycles. The van der Waals surface area contributed by atoms with Crippen molar-refractivity contribution in [3.63, 3.8) is 0 Å². The molecule has 0 radical (unpaired) electrons. The highest BCUT2D eigenvalue weighted by Crippen LogP contribution is 2.43. The number of carbonyl (C=O) groups excluding carboxylic acids is 1. The van der Waals surface area contributed by atoms with Gasteiger partial charge in [-0.2, -0.15) is 0 Å². The Morgan fingerprint density at radius 2 is 1.56 bits per heavy atom. The zero-order valence-corrected chi connectivity index (χ0v) is 28.9. The van der Waals surface area contributed by atoms with Crippen LogP contribution in [0.3, 0.4) is 0 Å². The quantitative estimate of drug-likeness (QED) is 0.0626. The molecule has 5 aromatic rings. The van der Waals surface area contributed by atoms with Crippen LogP contribution in [0.5, 0.6) is 5.75 Å². The first kappa shape index (κ1) is 35.1. The van der Waals surface area contributed by atoms with E-state index >= 15 is 0 Å². The van der Waals surface area contributed by atoms with Gasteiger partial charge in [0, 0.05) is 12.6 Å². The fraction of sp³-hybridized carbons (Fsp3) is 0.375. The van der Waals surface area contributed by atoms with Gasteiger partial charge in [-0.15, -0.1) is 0 Å². The number of rotatable bonds is 15. The second-order valence-electron chi connectivity index (χ2n) is 13.1. The number of carbonyl (C=O) groups is 1. The highest BCUT2D eigenvalue weighted by atomic mass is 16.6. The molecule has 50 heavy (non-hydrogen) atoms. The lowest BCUT2D eigenvalue weighted by atomic mass is 9.77. The zero-order chi connectivity index (χ0) is 35.1. The Bertz CT molecular complexity index is 1810. The van der Waals surface area contributed by atoms with Gasteiger partial charge >= 0.3 is 5.97 Å². The minimum Gasteiger partial charge on any atom is -0.497 e. The molecular weight excluding hydrogens is 632 g/mol. The molecule has 0 spiro atoms. The second kappa shape index (κ2) is 15.4. The van der Waals surface area contributed by atoms with E-state index in [0.717, 1.165) is 54.5 Å². The SMILES string of the molecule is CCCCCCCC(=O)OC[C@H]1O[C@@H](n2ccc3c(NC(c4ccccc4)(c4ccccc4)c4ccc(OC)cc4)ncnc32)[C@](C)(O)[C@@H]1O. The molecule has 3 N–H and O–H groups in total. The fourth-order valence-corrected chi connectivity index (χ4v) is 6.87. The Balaban J connectivity index is 1.32. The van der Waals surface area contributed by atoms with Crippen LogP contribution in [0.25, 0.3) is 11.0 Å². The van der Waals surface area contributed by atoms with Crippen LogP contribution in [0.15, 0.2) is 104 Å². The van der Waals surface area contributed by atoms with E-state index in [2.05, 4.69) is 41.5 Å². The van der Waals surface area contributed by atoms with Crippen molar-refractivity contribution < 1.29 is 29.2 Å². The third-order valence-corrected chi connectivity index (χ3v) is 9.65. The molecule has 262 valence electrons. The summed E-state index contributed by atoms with van der Waals surface area (Å²) in [5.41, 5.74) is 0.856. The average Bonchev–Trinajstić information content (AvgIpc) is 3.67. The van der Waals surface area contributed by atoms with Crippen LogP contribution in [0, 0.1) is 0 Å². The summed E-state index contributed by atoms with van der Waals surface area (Å²) < 4.78 is 18.9. The highest BCUT2D eigenvalue weighted by molar-refractivity contribution is 5.88. The number of aromatic nitrogens is 3. The van der Waals surface area contributed by atoms with Gasteiger partial charge in [0.25, 0.3) is 0 Å². The van der Waals surface area contributed by atoms with Crippen molar-refractivity contribution in [3.05, 3.63) is 120 Å². The molecule has 1 fully saturated rings. The lowest BCUT2D eigenvalue weighted by molar-refractivity contribution is -0.150. The van der Waals surface area contributed by atoms with Crippen molar-refractivity contribution in [2.45, 2.75) is 81.9 Å². The fourth-order valence-electron chi connectivity index (χ4n) is 6.87.